The monoisotopic (exact) mass is 436 g/mol. The Morgan fingerprint density at radius 3 is 2.41 bits per heavy atom. The summed E-state index contributed by atoms with van der Waals surface area (Å²) in [4.78, 5) is 38.5. The average Bonchev–Trinajstić information content (AvgIpc) is 3.09. The lowest BCUT2D eigenvalue weighted by Gasteiger charge is -2.35. The van der Waals surface area contributed by atoms with E-state index in [9.17, 15) is 24.8 Å². The van der Waals surface area contributed by atoms with Crippen molar-refractivity contribution >= 4 is 23.1 Å². The minimum Gasteiger partial charge on any atom is -0.507 e. The Hall–Kier alpha value is -3.68. The van der Waals surface area contributed by atoms with Crippen LogP contribution in [0.4, 0.5) is 5.69 Å². The van der Waals surface area contributed by atoms with E-state index >= 15 is 0 Å². The third-order valence-corrected chi connectivity index (χ3v) is 6.21. The van der Waals surface area contributed by atoms with Gasteiger partial charge in [-0.2, -0.15) is 0 Å². The average molecular weight is 436 g/mol. The predicted molar refractivity (Wildman–Crippen MR) is 117 cm³/mol. The molecular weight excluding hydrogens is 412 g/mol. The Morgan fingerprint density at radius 1 is 1.09 bits per heavy atom. The van der Waals surface area contributed by atoms with Gasteiger partial charge in [0.2, 0.25) is 0 Å². The lowest BCUT2D eigenvalue weighted by molar-refractivity contribution is -0.384. The van der Waals surface area contributed by atoms with Crippen molar-refractivity contribution in [3.8, 4) is 5.75 Å². The molecule has 0 radical (unpaired) electrons. The summed E-state index contributed by atoms with van der Waals surface area (Å²) < 4.78 is 5.22. The maximum absolute atomic E-state index is 13.1. The third kappa shape index (κ3) is 3.84. The fourth-order valence-electron chi connectivity index (χ4n) is 4.62. The summed E-state index contributed by atoms with van der Waals surface area (Å²) in [7, 11) is 1.55. The third-order valence-electron chi connectivity index (χ3n) is 6.21. The topological polar surface area (TPSA) is 110 Å². The van der Waals surface area contributed by atoms with Gasteiger partial charge < -0.3 is 14.7 Å². The highest BCUT2D eigenvalue weighted by atomic mass is 16.6. The zero-order valence-electron chi connectivity index (χ0n) is 17.7. The van der Waals surface area contributed by atoms with Crippen molar-refractivity contribution in [1.29, 1.82) is 0 Å². The second kappa shape index (κ2) is 8.82. The molecule has 1 aliphatic carbocycles. The molecule has 0 aromatic heterocycles. The van der Waals surface area contributed by atoms with E-state index in [2.05, 4.69) is 0 Å². The standard InChI is InChI=1S/C24H24N2O6/c1-32-19-12-10-15(11-13-19)21-20(22(27)16-6-5-9-18(14-16)26(30)31)23(28)24(29)25(21)17-7-3-2-4-8-17/h5-6,9-14,17,21,27H,2-4,7-8H2,1H3/b22-20-. The van der Waals surface area contributed by atoms with E-state index < -0.39 is 28.4 Å². The van der Waals surface area contributed by atoms with Gasteiger partial charge in [0, 0.05) is 23.7 Å². The maximum atomic E-state index is 13.1. The number of likely N-dealkylation sites (tertiary alicyclic amines) is 1. The molecule has 8 nitrogen and oxygen atoms in total. The Morgan fingerprint density at radius 2 is 1.78 bits per heavy atom. The molecule has 166 valence electrons. The van der Waals surface area contributed by atoms with Gasteiger partial charge in [0.05, 0.1) is 23.6 Å². The maximum Gasteiger partial charge on any atom is 0.295 e. The molecule has 32 heavy (non-hydrogen) atoms. The first kappa shape index (κ1) is 21.5. The summed E-state index contributed by atoms with van der Waals surface area (Å²) >= 11 is 0. The molecule has 4 rings (SSSR count). The number of nitrogens with zero attached hydrogens (tertiary/aromatic N) is 2. The largest absolute Gasteiger partial charge is 0.507 e. The summed E-state index contributed by atoms with van der Waals surface area (Å²) in [6.45, 7) is 0. The molecule has 2 aromatic rings. The van der Waals surface area contributed by atoms with E-state index in [4.69, 9.17) is 4.74 Å². The Balaban J connectivity index is 1.87. The number of nitro groups is 1. The second-order valence-corrected chi connectivity index (χ2v) is 8.08. The van der Waals surface area contributed by atoms with E-state index in [1.807, 2.05) is 0 Å². The minimum absolute atomic E-state index is 0.0498. The van der Waals surface area contributed by atoms with Crippen LogP contribution in [0.25, 0.3) is 5.76 Å². The van der Waals surface area contributed by atoms with Gasteiger partial charge in [-0.15, -0.1) is 0 Å². The molecule has 1 unspecified atom stereocenters. The molecule has 0 bridgehead atoms. The SMILES string of the molecule is COc1ccc(C2/C(=C(/O)c3cccc([N+](=O)[O-])c3)C(=O)C(=O)N2C2CCCCC2)cc1. The Bertz CT molecular complexity index is 1090. The number of carbonyl (C=O) groups excluding carboxylic acids is 2. The van der Waals surface area contributed by atoms with Crippen molar-refractivity contribution in [3.05, 3.63) is 75.3 Å². The first-order valence-electron chi connectivity index (χ1n) is 10.6. The van der Waals surface area contributed by atoms with Gasteiger partial charge in [-0.1, -0.05) is 43.5 Å². The molecule has 1 saturated heterocycles. The van der Waals surface area contributed by atoms with Crippen molar-refractivity contribution < 1.29 is 24.4 Å². The molecule has 2 aromatic carbocycles. The van der Waals surface area contributed by atoms with Crippen LogP contribution in [-0.4, -0.2) is 39.8 Å². The lowest BCUT2D eigenvalue weighted by atomic mass is 9.91. The number of non-ortho nitro benzene ring substituents is 1. The first-order valence-corrected chi connectivity index (χ1v) is 10.6. The van der Waals surface area contributed by atoms with Crippen LogP contribution in [0.2, 0.25) is 0 Å². The van der Waals surface area contributed by atoms with Crippen molar-refractivity contribution in [2.75, 3.05) is 7.11 Å². The summed E-state index contributed by atoms with van der Waals surface area (Å²) in [6.07, 6.45) is 4.59. The number of ketones is 1. The van der Waals surface area contributed by atoms with Crippen LogP contribution in [0.15, 0.2) is 54.1 Å². The van der Waals surface area contributed by atoms with E-state index in [-0.39, 0.29) is 22.9 Å². The summed E-state index contributed by atoms with van der Waals surface area (Å²) in [5.74, 6) is -1.21. The van der Waals surface area contributed by atoms with Crippen LogP contribution < -0.4 is 4.74 Å². The second-order valence-electron chi connectivity index (χ2n) is 8.08. The van der Waals surface area contributed by atoms with Gasteiger partial charge >= 0.3 is 0 Å². The smallest absolute Gasteiger partial charge is 0.295 e. The molecule has 1 heterocycles. The number of aliphatic hydroxyl groups excluding tert-OH is 1. The van der Waals surface area contributed by atoms with E-state index in [0.717, 1.165) is 32.1 Å². The van der Waals surface area contributed by atoms with E-state index in [0.29, 0.717) is 11.3 Å². The molecule has 1 amide bonds. The highest BCUT2D eigenvalue weighted by Crippen LogP contribution is 2.43. The lowest BCUT2D eigenvalue weighted by Crippen LogP contribution is -2.40. The van der Waals surface area contributed by atoms with Gasteiger partial charge in [-0.05, 0) is 30.5 Å². The molecule has 1 saturated carbocycles. The molecule has 1 aliphatic heterocycles. The molecule has 0 spiro atoms. The number of ether oxygens (including phenoxy) is 1. The molecule has 2 fully saturated rings. The van der Waals surface area contributed by atoms with Crippen LogP contribution in [0.3, 0.4) is 0 Å². The summed E-state index contributed by atoms with van der Waals surface area (Å²) in [5.41, 5.74) is 0.532. The number of benzene rings is 2. The number of rotatable bonds is 5. The zero-order chi connectivity index (χ0) is 22.8. The fraction of sp³-hybridized carbons (Fsp3) is 0.333. The van der Waals surface area contributed by atoms with Crippen LogP contribution in [-0.2, 0) is 9.59 Å². The number of Topliss-reactive ketones (excluding diaryl/α,β-unsaturated/α-hetero) is 1. The van der Waals surface area contributed by atoms with Gasteiger partial charge in [0.25, 0.3) is 17.4 Å². The zero-order valence-corrected chi connectivity index (χ0v) is 17.7. The van der Waals surface area contributed by atoms with E-state index in [1.54, 1.807) is 36.3 Å². The number of hydrogen-bond acceptors (Lipinski definition) is 6. The summed E-state index contributed by atoms with van der Waals surface area (Å²) in [6, 6.07) is 11.6. The Kier molecular flexibility index (Phi) is 5.94. The van der Waals surface area contributed by atoms with Gasteiger partial charge in [-0.25, -0.2) is 0 Å². The highest BCUT2D eigenvalue weighted by Gasteiger charge is 2.48. The fourth-order valence-corrected chi connectivity index (χ4v) is 4.62. The molecule has 2 aliphatic rings. The molecule has 1 atom stereocenters. The summed E-state index contributed by atoms with van der Waals surface area (Å²) in [5, 5.41) is 22.3. The number of hydrogen-bond donors (Lipinski definition) is 1. The van der Waals surface area contributed by atoms with Crippen molar-refractivity contribution in [1.82, 2.24) is 4.90 Å². The predicted octanol–water partition coefficient (Wildman–Crippen LogP) is 4.36. The van der Waals surface area contributed by atoms with Crippen molar-refractivity contribution in [2.45, 2.75) is 44.2 Å². The Labute approximate surface area is 185 Å². The molecular formula is C24H24N2O6. The number of amides is 1. The number of carbonyl (C=O) groups is 2. The molecule has 1 N–H and O–H groups in total. The normalized spacial score (nSPS) is 21.0. The van der Waals surface area contributed by atoms with Crippen LogP contribution in [0.5, 0.6) is 5.75 Å². The minimum atomic E-state index is -0.777. The van der Waals surface area contributed by atoms with Gasteiger partial charge in [0.1, 0.15) is 11.5 Å². The van der Waals surface area contributed by atoms with Crippen LogP contribution in [0.1, 0.15) is 49.3 Å². The van der Waals surface area contributed by atoms with Gasteiger partial charge in [-0.3, -0.25) is 19.7 Å². The van der Waals surface area contributed by atoms with E-state index in [1.165, 1.54) is 24.3 Å². The quantitative estimate of drug-likeness (QED) is 0.245. The highest BCUT2D eigenvalue weighted by molar-refractivity contribution is 6.46. The van der Waals surface area contributed by atoms with Crippen LogP contribution in [0, 0.1) is 10.1 Å². The number of methoxy groups -OCH3 is 1. The van der Waals surface area contributed by atoms with Crippen molar-refractivity contribution in [3.63, 3.8) is 0 Å². The van der Waals surface area contributed by atoms with Gasteiger partial charge in [0.15, 0.2) is 0 Å². The first-order chi connectivity index (χ1) is 15.4. The molecule has 8 heteroatoms. The van der Waals surface area contributed by atoms with Crippen LogP contribution >= 0.6 is 0 Å². The number of nitro benzene ring substituents is 1. The van der Waals surface area contributed by atoms with Crippen molar-refractivity contribution in [2.24, 2.45) is 0 Å². The number of aliphatic hydroxyl groups is 1.